The van der Waals surface area contributed by atoms with E-state index in [9.17, 15) is 30.0 Å². The van der Waals surface area contributed by atoms with Crippen LogP contribution in [0.2, 0.25) is 0 Å². The van der Waals surface area contributed by atoms with Crippen LogP contribution in [0.1, 0.15) is 41.5 Å². The Morgan fingerprint density at radius 1 is 0.694 bits per heavy atom. The highest BCUT2D eigenvalue weighted by Crippen LogP contribution is 2.83. The number of hydrogen-bond acceptors (Lipinski definition) is 8. The fraction of sp³-hybridized carbons (Fsp3) is 0.500. The van der Waals surface area contributed by atoms with Crippen LogP contribution in [0.5, 0.6) is 0 Å². The molecule has 2 unspecified atom stereocenters. The lowest BCUT2D eigenvalue weighted by molar-refractivity contribution is -0.450. The van der Waals surface area contributed by atoms with Crippen LogP contribution in [0.15, 0.2) is 71.3 Å². The molecule has 0 spiro atoms. The van der Waals surface area contributed by atoms with Gasteiger partial charge in [0.25, 0.3) is 0 Å². The second-order valence-corrected chi connectivity index (χ2v) is 11.0. The van der Waals surface area contributed by atoms with Gasteiger partial charge in [-0.15, -0.1) is 0 Å². The van der Waals surface area contributed by atoms with E-state index in [1.807, 2.05) is 0 Å². The van der Waals surface area contributed by atoms with E-state index in [1.165, 1.54) is 39.8 Å². The number of allylic oxidation sites excluding steroid dienone is 8. The zero-order valence-corrected chi connectivity index (χ0v) is 21.2. The van der Waals surface area contributed by atoms with Crippen LogP contribution in [-0.2, 0) is 19.1 Å². The average molecular weight is 497 g/mol. The summed E-state index contributed by atoms with van der Waals surface area (Å²) >= 11 is 0. The number of ether oxygens (including phenoxy) is 2. The third-order valence-electron chi connectivity index (χ3n) is 9.41. The van der Waals surface area contributed by atoms with Crippen molar-refractivity contribution in [3.63, 3.8) is 0 Å². The van der Waals surface area contributed by atoms with Crippen molar-refractivity contribution in [3.05, 3.63) is 71.3 Å². The molecule has 8 atom stereocenters. The van der Waals surface area contributed by atoms with Crippen LogP contribution >= 0.6 is 0 Å². The maximum Gasteiger partial charge on any atom is 0.210 e. The van der Waals surface area contributed by atoms with E-state index in [-0.39, 0.29) is 22.7 Å². The maximum absolute atomic E-state index is 14.3. The highest BCUT2D eigenvalue weighted by Gasteiger charge is 2.99. The molecule has 2 heterocycles. The number of aliphatic hydroxyl groups is 4. The van der Waals surface area contributed by atoms with Gasteiger partial charge >= 0.3 is 0 Å². The van der Waals surface area contributed by atoms with Crippen molar-refractivity contribution in [2.24, 2.45) is 22.7 Å². The summed E-state index contributed by atoms with van der Waals surface area (Å²) in [7, 11) is 0. The Morgan fingerprint density at radius 3 is 1.33 bits per heavy atom. The molecule has 0 amide bonds. The standard InChI is InChI=1S/C28H32O8/c1-7-9-11-13-15(29)17-19-23(3)22(32)18(16(30)14-12-10-8-2)20-24(4,21(17)31)28(34)25(19,5)35-27(23,33)26(20,6)36-28/h7-14,19-20,29-30,33-34H,1-6H3/b9-7+,10-8+,13-11+,14-12+,17-15+,18-16+/t19-,20?,23-,24-,25?,26+,27-,28-/m1/s1. The number of hydrogen-bond donors (Lipinski definition) is 4. The summed E-state index contributed by atoms with van der Waals surface area (Å²) in [5, 5.41) is 46.6. The van der Waals surface area contributed by atoms with E-state index >= 15 is 0 Å². The van der Waals surface area contributed by atoms with Crippen molar-refractivity contribution in [1.82, 2.24) is 0 Å². The van der Waals surface area contributed by atoms with Gasteiger partial charge < -0.3 is 29.9 Å². The van der Waals surface area contributed by atoms with E-state index in [2.05, 4.69) is 0 Å². The van der Waals surface area contributed by atoms with Crippen molar-refractivity contribution in [2.75, 3.05) is 0 Å². The Labute approximate surface area is 209 Å². The lowest BCUT2D eigenvalue weighted by Gasteiger charge is -2.58. The van der Waals surface area contributed by atoms with Gasteiger partial charge in [0.05, 0.1) is 10.8 Å². The third kappa shape index (κ3) is 2.15. The van der Waals surface area contributed by atoms with Crippen molar-refractivity contribution >= 4 is 11.6 Å². The molecule has 5 rings (SSSR count). The first-order valence-electron chi connectivity index (χ1n) is 12.1. The molecule has 0 aromatic carbocycles. The van der Waals surface area contributed by atoms with Gasteiger partial charge in [-0.2, -0.15) is 0 Å². The van der Waals surface area contributed by atoms with Gasteiger partial charge in [-0.3, -0.25) is 9.59 Å². The lowest BCUT2D eigenvalue weighted by atomic mass is 9.39. The largest absolute Gasteiger partial charge is 0.508 e. The molecule has 8 bridgehead atoms. The minimum absolute atomic E-state index is 0.113. The first-order chi connectivity index (χ1) is 16.7. The van der Waals surface area contributed by atoms with Crippen molar-refractivity contribution in [2.45, 2.75) is 64.3 Å². The van der Waals surface area contributed by atoms with Crippen molar-refractivity contribution in [3.8, 4) is 0 Å². The number of aliphatic hydroxyl groups excluding tert-OH is 2. The molecule has 5 aliphatic rings. The maximum atomic E-state index is 14.3. The third-order valence-corrected chi connectivity index (χ3v) is 9.41. The minimum atomic E-state index is -2.26. The molecule has 8 heteroatoms. The number of carbonyl (C=O) groups excluding carboxylic acids is 2. The smallest absolute Gasteiger partial charge is 0.210 e. The topological polar surface area (TPSA) is 134 Å². The molecule has 8 nitrogen and oxygen atoms in total. The Balaban J connectivity index is 1.93. The van der Waals surface area contributed by atoms with E-state index in [1.54, 1.807) is 50.3 Å². The molecule has 0 aromatic rings. The van der Waals surface area contributed by atoms with Crippen molar-refractivity contribution < 1.29 is 39.5 Å². The molecular weight excluding hydrogens is 464 g/mol. The Hall–Kier alpha value is -2.78. The van der Waals surface area contributed by atoms with Gasteiger partial charge in [0, 0.05) is 23.0 Å². The second-order valence-electron chi connectivity index (χ2n) is 11.0. The average Bonchev–Trinajstić information content (AvgIpc) is 3.12. The quantitative estimate of drug-likeness (QED) is 0.265. The normalized spacial score (nSPS) is 51.8. The fourth-order valence-corrected chi connectivity index (χ4v) is 7.94. The zero-order valence-electron chi connectivity index (χ0n) is 21.2. The molecule has 2 aliphatic heterocycles. The first-order valence-corrected chi connectivity index (χ1v) is 12.1. The van der Waals surface area contributed by atoms with Crippen molar-refractivity contribution in [1.29, 1.82) is 0 Å². The summed E-state index contributed by atoms with van der Waals surface area (Å²) in [6.45, 7) is 9.48. The van der Waals surface area contributed by atoms with Crippen LogP contribution in [0.3, 0.4) is 0 Å². The van der Waals surface area contributed by atoms with Gasteiger partial charge in [-0.1, -0.05) is 36.5 Å². The number of rotatable bonds is 4. The number of carbonyl (C=O) groups is 2. The predicted octanol–water partition coefficient (Wildman–Crippen LogP) is 3.25. The SMILES string of the molecule is C/C=C/C=C/C(O)=C1\C(=O)[C@@]2(C)[C@H]3/C(=C(O)/C=C/C=C/C)C(=O)[C@@]4(C)C1[C@]1(C)O[C@@]4(O)C3(C)O[C@@]12O. The van der Waals surface area contributed by atoms with Crippen LogP contribution in [-0.4, -0.2) is 54.8 Å². The summed E-state index contributed by atoms with van der Waals surface area (Å²) in [5.41, 5.74) is -7.52. The van der Waals surface area contributed by atoms with Gasteiger partial charge in [0.2, 0.25) is 11.6 Å². The summed E-state index contributed by atoms with van der Waals surface area (Å²) in [4.78, 5) is 28.7. The van der Waals surface area contributed by atoms with Gasteiger partial charge in [0.15, 0.2) is 11.6 Å². The Bertz CT molecular complexity index is 1190. The Kier molecular flexibility index (Phi) is 4.81. The summed E-state index contributed by atoms with van der Waals surface area (Å²) in [5.74, 6) is -9.12. The lowest BCUT2D eigenvalue weighted by Crippen LogP contribution is -2.74. The first kappa shape index (κ1) is 24.9. The van der Waals surface area contributed by atoms with Gasteiger partial charge in [-0.25, -0.2) is 0 Å². The molecule has 0 radical (unpaired) electrons. The number of ketones is 2. The molecule has 3 saturated carbocycles. The molecule has 5 fully saturated rings. The van der Waals surface area contributed by atoms with Gasteiger partial charge in [0.1, 0.15) is 22.7 Å². The van der Waals surface area contributed by atoms with Crippen LogP contribution < -0.4 is 0 Å². The predicted molar refractivity (Wildman–Crippen MR) is 129 cm³/mol. The van der Waals surface area contributed by atoms with E-state index in [4.69, 9.17) is 9.47 Å². The fourth-order valence-electron chi connectivity index (χ4n) is 7.94. The minimum Gasteiger partial charge on any atom is -0.508 e. The summed E-state index contributed by atoms with van der Waals surface area (Å²) < 4.78 is 12.5. The molecule has 192 valence electrons. The summed E-state index contributed by atoms with van der Waals surface area (Å²) in [6.07, 6.45) is 12.6. The van der Waals surface area contributed by atoms with E-state index in [0.29, 0.717) is 0 Å². The molecule has 0 aromatic heterocycles. The van der Waals surface area contributed by atoms with Gasteiger partial charge in [-0.05, 0) is 53.7 Å². The molecule has 4 N–H and O–H groups in total. The zero-order chi connectivity index (χ0) is 26.7. The Morgan fingerprint density at radius 2 is 1.03 bits per heavy atom. The van der Waals surface area contributed by atoms with Crippen LogP contribution in [0.4, 0.5) is 0 Å². The van der Waals surface area contributed by atoms with Crippen LogP contribution in [0, 0.1) is 22.7 Å². The summed E-state index contributed by atoms with van der Waals surface area (Å²) in [6, 6.07) is 0. The molecule has 2 saturated heterocycles. The van der Waals surface area contributed by atoms with E-state index < -0.39 is 57.0 Å². The monoisotopic (exact) mass is 496 g/mol. The highest BCUT2D eigenvalue weighted by atomic mass is 16.8. The highest BCUT2D eigenvalue weighted by molar-refractivity contribution is 6.13. The number of Topliss-reactive ketones (excluding diaryl/α,β-unsaturated/α-hetero) is 2. The molecule has 3 aliphatic carbocycles. The van der Waals surface area contributed by atoms with Crippen LogP contribution in [0.25, 0.3) is 0 Å². The van der Waals surface area contributed by atoms with E-state index in [0.717, 1.165) is 0 Å². The second kappa shape index (κ2) is 6.95. The molecule has 36 heavy (non-hydrogen) atoms. The molecular formula is C28H32O8.